The second kappa shape index (κ2) is 8.98. The van der Waals surface area contributed by atoms with Crippen LogP contribution < -0.4 is 4.57 Å². The van der Waals surface area contributed by atoms with Gasteiger partial charge in [0.05, 0.1) is 17.9 Å². The van der Waals surface area contributed by atoms with Crippen LogP contribution in [0.5, 0.6) is 0 Å². The summed E-state index contributed by atoms with van der Waals surface area (Å²) in [6.45, 7) is 11.9. The minimum atomic E-state index is -0.391. The van der Waals surface area contributed by atoms with Crippen molar-refractivity contribution in [2.45, 2.75) is 66.3 Å². The molecule has 0 unspecified atom stereocenters. The number of nitrogens with zero attached hydrogens (tertiary/aromatic N) is 1. The highest BCUT2D eigenvalue weighted by atomic mass is 16.5. The molecular weight excluding hydrogens is 340 g/mol. The minimum absolute atomic E-state index is 0.0496. The first-order valence-electron chi connectivity index (χ1n) is 9.76. The van der Waals surface area contributed by atoms with Crippen LogP contribution in [0, 0.1) is 13.8 Å². The van der Waals surface area contributed by atoms with Crippen LogP contribution in [0.4, 0.5) is 0 Å². The molecular formula is C22H31N2O3+. The van der Waals surface area contributed by atoms with Gasteiger partial charge in [0.25, 0.3) is 0 Å². The number of esters is 1. The molecule has 0 aliphatic heterocycles. The highest BCUT2D eigenvalue weighted by molar-refractivity contribution is 6.02. The zero-order valence-electron chi connectivity index (χ0n) is 17.3. The highest BCUT2D eigenvalue weighted by Crippen LogP contribution is 2.23. The fourth-order valence-corrected chi connectivity index (χ4v) is 3.59. The van der Waals surface area contributed by atoms with Crippen LogP contribution in [-0.2, 0) is 4.74 Å². The van der Waals surface area contributed by atoms with E-state index in [9.17, 15) is 9.59 Å². The van der Waals surface area contributed by atoms with E-state index in [0.717, 1.165) is 12.8 Å². The molecule has 0 fully saturated rings. The molecule has 2 heterocycles. The summed E-state index contributed by atoms with van der Waals surface area (Å²) in [6, 6.07) is 3.82. The standard InChI is InChI=1S/C22H30N2O3/c1-7-17(8-2)18-10-12-24(13-11-18)16(6)21(25)20-14(4)19(15(5)23-20)22(26)27-9-3/h10-13,16-17H,7-9H2,1-6H3/p+1/t16-/m0/s1. The Bertz CT molecular complexity index is 802. The predicted octanol–water partition coefficient (Wildman–Crippen LogP) is 4.44. The monoisotopic (exact) mass is 371 g/mol. The summed E-state index contributed by atoms with van der Waals surface area (Å²) >= 11 is 0. The summed E-state index contributed by atoms with van der Waals surface area (Å²) in [6.07, 6.45) is 6.14. The summed E-state index contributed by atoms with van der Waals surface area (Å²) < 4.78 is 7.02. The normalized spacial score (nSPS) is 12.3. The average molecular weight is 372 g/mol. The van der Waals surface area contributed by atoms with Crippen molar-refractivity contribution in [2.24, 2.45) is 0 Å². The number of carbonyl (C=O) groups is 2. The van der Waals surface area contributed by atoms with E-state index in [0.29, 0.717) is 35.0 Å². The summed E-state index contributed by atoms with van der Waals surface area (Å²) in [5.74, 6) is 0.107. The zero-order valence-corrected chi connectivity index (χ0v) is 17.3. The lowest BCUT2D eigenvalue weighted by atomic mass is 9.95. The fourth-order valence-electron chi connectivity index (χ4n) is 3.59. The van der Waals surface area contributed by atoms with Gasteiger partial charge in [-0.1, -0.05) is 13.8 Å². The van der Waals surface area contributed by atoms with Crippen molar-refractivity contribution in [3.05, 3.63) is 52.6 Å². The molecule has 0 aliphatic rings. The maximum absolute atomic E-state index is 13.0. The second-order valence-electron chi connectivity index (χ2n) is 6.98. The summed E-state index contributed by atoms with van der Waals surface area (Å²) in [7, 11) is 0. The van der Waals surface area contributed by atoms with Gasteiger partial charge < -0.3 is 9.72 Å². The molecule has 1 atom stereocenters. The molecule has 2 aromatic rings. The smallest absolute Gasteiger partial charge is 0.340 e. The van der Waals surface area contributed by atoms with Gasteiger partial charge in [0.1, 0.15) is 0 Å². The Balaban J connectivity index is 2.27. The Hall–Kier alpha value is -2.43. The van der Waals surface area contributed by atoms with Crippen LogP contribution in [0.25, 0.3) is 0 Å². The topological polar surface area (TPSA) is 63.0 Å². The van der Waals surface area contributed by atoms with Crippen LogP contribution in [0.15, 0.2) is 24.5 Å². The van der Waals surface area contributed by atoms with E-state index in [1.165, 1.54) is 5.56 Å². The number of pyridine rings is 1. The van der Waals surface area contributed by atoms with Crippen molar-refractivity contribution < 1.29 is 18.9 Å². The van der Waals surface area contributed by atoms with E-state index in [1.54, 1.807) is 20.8 Å². The molecule has 146 valence electrons. The Morgan fingerprint density at radius 2 is 1.70 bits per heavy atom. The number of aromatic amines is 1. The Morgan fingerprint density at radius 1 is 1.11 bits per heavy atom. The van der Waals surface area contributed by atoms with Crippen molar-refractivity contribution in [3.63, 3.8) is 0 Å². The number of nitrogens with one attached hydrogen (secondary N) is 1. The first kappa shape index (κ1) is 20.9. The molecule has 0 radical (unpaired) electrons. The molecule has 2 rings (SSSR count). The number of ether oxygens (including phenoxy) is 1. The number of H-pyrrole nitrogens is 1. The molecule has 0 saturated heterocycles. The molecule has 5 nitrogen and oxygen atoms in total. The van der Waals surface area contributed by atoms with Gasteiger partial charge in [0, 0.05) is 24.8 Å². The minimum Gasteiger partial charge on any atom is -0.462 e. The largest absolute Gasteiger partial charge is 0.462 e. The number of ketones is 1. The van der Waals surface area contributed by atoms with Gasteiger partial charge in [-0.25, -0.2) is 4.79 Å². The Morgan fingerprint density at radius 3 is 2.22 bits per heavy atom. The quantitative estimate of drug-likeness (QED) is 0.424. The predicted molar refractivity (Wildman–Crippen MR) is 105 cm³/mol. The van der Waals surface area contributed by atoms with Crippen molar-refractivity contribution >= 4 is 11.8 Å². The van der Waals surface area contributed by atoms with E-state index >= 15 is 0 Å². The Kier molecular flexibility index (Phi) is 6.94. The van der Waals surface area contributed by atoms with E-state index in [-0.39, 0.29) is 11.8 Å². The number of aryl methyl sites for hydroxylation is 1. The van der Waals surface area contributed by atoms with Crippen molar-refractivity contribution in [2.75, 3.05) is 6.61 Å². The van der Waals surface area contributed by atoms with Crippen LogP contribution in [0.2, 0.25) is 0 Å². The molecule has 2 aromatic heterocycles. The zero-order chi connectivity index (χ0) is 20.1. The summed E-state index contributed by atoms with van der Waals surface area (Å²) in [5.41, 5.74) is 3.54. The number of aromatic nitrogens is 2. The fraction of sp³-hybridized carbons (Fsp3) is 0.500. The molecule has 1 N–H and O–H groups in total. The number of carbonyl (C=O) groups excluding carboxylic acids is 2. The van der Waals surface area contributed by atoms with Gasteiger partial charge in [-0.3, -0.25) is 4.79 Å². The maximum atomic E-state index is 13.0. The van der Waals surface area contributed by atoms with Gasteiger partial charge in [-0.05, 0) is 50.7 Å². The molecule has 0 amide bonds. The van der Waals surface area contributed by atoms with E-state index < -0.39 is 5.97 Å². The lowest BCUT2D eigenvalue weighted by molar-refractivity contribution is -0.704. The molecule has 0 bridgehead atoms. The van der Waals surface area contributed by atoms with E-state index in [1.807, 2.05) is 23.9 Å². The Labute approximate surface area is 161 Å². The highest BCUT2D eigenvalue weighted by Gasteiger charge is 2.30. The molecule has 0 aliphatic carbocycles. The van der Waals surface area contributed by atoms with Crippen molar-refractivity contribution in [3.8, 4) is 0 Å². The van der Waals surface area contributed by atoms with Gasteiger partial charge >= 0.3 is 5.97 Å². The number of hydrogen-bond donors (Lipinski definition) is 1. The molecule has 0 aromatic carbocycles. The van der Waals surface area contributed by atoms with E-state index in [2.05, 4.69) is 31.0 Å². The van der Waals surface area contributed by atoms with Crippen molar-refractivity contribution in [1.82, 2.24) is 4.98 Å². The molecule has 27 heavy (non-hydrogen) atoms. The SMILES string of the molecule is CCOC(=O)c1c(C)[nH]c(C(=O)[C@H](C)[n+]2ccc(C(CC)CC)cc2)c1C. The summed E-state index contributed by atoms with van der Waals surface area (Å²) in [5, 5.41) is 0. The lowest BCUT2D eigenvalue weighted by Gasteiger charge is -2.12. The van der Waals surface area contributed by atoms with Crippen LogP contribution in [-0.4, -0.2) is 23.3 Å². The first-order valence-corrected chi connectivity index (χ1v) is 9.76. The van der Waals surface area contributed by atoms with Crippen LogP contribution >= 0.6 is 0 Å². The lowest BCUT2D eigenvalue weighted by Crippen LogP contribution is -2.42. The molecule has 0 saturated carbocycles. The van der Waals surface area contributed by atoms with Gasteiger partial charge in [0.15, 0.2) is 12.4 Å². The van der Waals surface area contributed by atoms with E-state index in [4.69, 9.17) is 4.74 Å². The summed E-state index contributed by atoms with van der Waals surface area (Å²) in [4.78, 5) is 28.3. The van der Waals surface area contributed by atoms with Gasteiger partial charge in [-0.15, -0.1) is 0 Å². The van der Waals surface area contributed by atoms with Crippen LogP contribution in [0.1, 0.15) is 90.2 Å². The third-order valence-corrected chi connectivity index (χ3v) is 5.33. The number of rotatable bonds is 8. The average Bonchev–Trinajstić information content (AvgIpc) is 2.96. The second-order valence-corrected chi connectivity index (χ2v) is 6.98. The van der Waals surface area contributed by atoms with Crippen LogP contribution in [0.3, 0.4) is 0 Å². The number of hydrogen-bond acceptors (Lipinski definition) is 3. The molecule has 0 spiro atoms. The van der Waals surface area contributed by atoms with Gasteiger partial charge in [0.2, 0.25) is 11.8 Å². The first-order chi connectivity index (χ1) is 12.8. The molecule has 5 heteroatoms. The third-order valence-electron chi connectivity index (χ3n) is 5.33. The number of Topliss-reactive ketones (excluding diaryl/α,β-unsaturated/α-hetero) is 1. The van der Waals surface area contributed by atoms with Crippen molar-refractivity contribution in [1.29, 1.82) is 0 Å². The maximum Gasteiger partial charge on any atom is 0.340 e. The third kappa shape index (κ3) is 4.29. The van der Waals surface area contributed by atoms with Gasteiger partial charge in [-0.2, -0.15) is 4.57 Å².